The summed E-state index contributed by atoms with van der Waals surface area (Å²) in [4.78, 5) is 0. The van der Waals surface area contributed by atoms with Crippen molar-refractivity contribution in [1.82, 2.24) is 0 Å². The Morgan fingerprint density at radius 2 is 1.19 bits per heavy atom. The second-order valence-electron chi connectivity index (χ2n) is 12.3. The van der Waals surface area contributed by atoms with Crippen LogP contribution in [0.1, 0.15) is 5.56 Å². The maximum Gasteiger partial charge on any atom is 0.0830 e. The lowest BCUT2D eigenvalue weighted by atomic mass is 9.81. The van der Waals surface area contributed by atoms with Crippen LogP contribution in [0.2, 0.25) is 5.02 Å². The number of rotatable bonds is 5. The molecule has 0 saturated carbocycles. The first-order chi connectivity index (χ1) is 23.6. The highest BCUT2D eigenvalue weighted by Gasteiger charge is 2.31. The number of methoxy groups -OCH3 is 1. The monoisotopic (exact) mass is 698 g/mol. The van der Waals surface area contributed by atoms with E-state index in [1.807, 2.05) is 12.1 Å². The Morgan fingerprint density at radius 1 is 0.521 bits per heavy atom. The average molecular weight is 700 g/mol. The Labute approximate surface area is 292 Å². The summed E-state index contributed by atoms with van der Waals surface area (Å²) in [6.45, 7) is 0. The third-order valence-electron chi connectivity index (χ3n) is 9.64. The molecule has 1 aliphatic carbocycles. The smallest absolute Gasteiger partial charge is 0.0830 e. The Kier molecular flexibility index (Phi) is 6.97. The predicted molar refractivity (Wildman–Crippen MR) is 208 cm³/mol. The second-order valence-corrected chi connectivity index (χ2v) is 13.5. The highest BCUT2D eigenvalue weighted by atomic mass is 79.9. The van der Waals surface area contributed by atoms with E-state index in [0.29, 0.717) is 5.02 Å². The molecule has 0 saturated heterocycles. The molecule has 0 spiro atoms. The van der Waals surface area contributed by atoms with Gasteiger partial charge in [0.1, 0.15) is 0 Å². The van der Waals surface area contributed by atoms with E-state index in [1.165, 1.54) is 76.8 Å². The lowest BCUT2D eigenvalue weighted by Gasteiger charge is -2.21. The van der Waals surface area contributed by atoms with Crippen molar-refractivity contribution in [3.8, 4) is 55.6 Å². The van der Waals surface area contributed by atoms with Crippen molar-refractivity contribution < 1.29 is 4.74 Å². The molecule has 3 heteroatoms. The quantitative estimate of drug-likeness (QED) is 0.128. The minimum Gasteiger partial charge on any atom is -0.504 e. The SMILES string of the molecule is CO/C=C\c1cc(Br)c(Cl)cc1-c1ccc2c(-c3ccccc3)c3c(c(-c4ccccc4)c2c1)-c1cc2ccccc2c2cccc-3c12. The van der Waals surface area contributed by atoms with Crippen molar-refractivity contribution in [2.24, 2.45) is 0 Å². The lowest BCUT2D eigenvalue weighted by Crippen LogP contribution is -1.95. The maximum absolute atomic E-state index is 6.74. The van der Waals surface area contributed by atoms with Crippen LogP contribution in [0, 0.1) is 0 Å². The van der Waals surface area contributed by atoms with Gasteiger partial charge in [0, 0.05) is 4.47 Å². The van der Waals surface area contributed by atoms with Crippen LogP contribution in [0.3, 0.4) is 0 Å². The van der Waals surface area contributed by atoms with Gasteiger partial charge in [-0.1, -0.05) is 127 Å². The average Bonchev–Trinajstić information content (AvgIpc) is 3.45. The van der Waals surface area contributed by atoms with Gasteiger partial charge < -0.3 is 4.74 Å². The zero-order valence-corrected chi connectivity index (χ0v) is 28.4. The van der Waals surface area contributed by atoms with Gasteiger partial charge in [-0.25, -0.2) is 0 Å². The van der Waals surface area contributed by atoms with E-state index in [0.717, 1.165) is 21.2 Å². The molecule has 0 radical (unpaired) electrons. The first kappa shape index (κ1) is 29.0. The van der Waals surface area contributed by atoms with Crippen molar-refractivity contribution in [3.05, 3.63) is 161 Å². The van der Waals surface area contributed by atoms with Crippen LogP contribution >= 0.6 is 27.5 Å². The largest absolute Gasteiger partial charge is 0.504 e. The van der Waals surface area contributed by atoms with Crippen LogP contribution < -0.4 is 0 Å². The number of ether oxygens (including phenoxy) is 1. The number of fused-ring (bicyclic) bond motifs is 6. The van der Waals surface area contributed by atoms with Gasteiger partial charge in [0.25, 0.3) is 0 Å². The molecular formula is C45H28BrClO. The van der Waals surface area contributed by atoms with Gasteiger partial charge in [0.05, 0.1) is 18.4 Å². The predicted octanol–water partition coefficient (Wildman–Crippen LogP) is 13.8. The van der Waals surface area contributed by atoms with Crippen molar-refractivity contribution in [3.63, 3.8) is 0 Å². The van der Waals surface area contributed by atoms with E-state index in [4.69, 9.17) is 16.3 Å². The Morgan fingerprint density at radius 3 is 1.94 bits per heavy atom. The first-order valence-electron chi connectivity index (χ1n) is 16.0. The molecule has 48 heavy (non-hydrogen) atoms. The normalized spacial score (nSPS) is 12.0. The third kappa shape index (κ3) is 4.44. The molecule has 228 valence electrons. The summed E-state index contributed by atoms with van der Waals surface area (Å²) in [7, 11) is 1.66. The molecule has 0 N–H and O–H groups in total. The maximum atomic E-state index is 6.74. The van der Waals surface area contributed by atoms with E-state index in [-0.39, 0.29) is 0 Å². The fourth-order valence-electron chi connectivity index (χ4n) is 7.66. The van der Waals surface area contributed by atoms with Crippen LogP contribution in [-0.2, 0) is 4.74 Å². The molecule has 0 heterocycles. The van der Waals surface area contributed by atoms with Crippen molar-refractivity contribution in [2.75, 3.05) is 7.11 Å². The molecule has 0 aromatic heterocycles. The molecule has 0 fully saturated rings. The molecule has 0 amide bonds. The van der Waals surface area contributed by atoms with Crippen molar-refractivity contribution in [1.29, 1.82) is 0 Å². The minimum absolute atomic E-state index is 0.663. The highest BCUT2D eigenvalue weighted by molar-refractivity contribution is 9.10. The molecule has 0 bridgehead atoms. The van der Waals surface area contributed by atoms with E-state index in [2.05, 4.69) is 149 Å². The molecule has 8 aromatic carbocycles. The Bertz CT molecular complexity index is 2600. The van der Waals surface area contributed by atoms with Gasteiger partial charge in [-0.15, -0.1) is 0 Å². The summed E-state index contributed by atoms with van der Waals surface area (Å²) < 4.78 is 6.17. The summed E-state index contributed by atoms with van der Waals surface area (Å²) in [6.07, 6.45) is 3.69. The van der Waals surface area contributed by atoms with E-state index >= 15 is 0 Å². The molecule has 9 rings (SSSR count). The van der Waals surface area contributed by atoms with Crippen molar-refractivity contribution >= 4 is 65.9 Å². The van der Waals surface area contributed by atoms with Crippen LogP contribution in [0.5, 0.6) is 0 Å². The zero-order valence-electron chi connectivity index (χ0n) is 26.1. The molecule has 1 nitrogen and oxygen atoms in total. The standard InChI is InChI=1S/C45H28BrClO/c1-48-22-21-31-25-39(46)40(47)26-36(31)30-19-20-34-37(23-30)42(28-13-6-3-7-14-28)45-38-24-29-15-8-9-16-32(29)33-17-10-18-35(43(33)38)44(45)41(34)27-11-4-2-5-12-27/h2-26H,1H3/b22-21-. The van der Waals surface area contributed by atoms with Gasteiger partial charge in [0.2, 0.25) is 0 Å². The molecule has 0 atom stereocenters. The van der Waals surface area contributed by atoms with E-state index in [1.54, 1.807) is 13.4 Å². The number of halogens is 2. The van der Waals surface area contributed by atoms with Gasteiger partial charge in [-0.3, -0.25) is 0 Å². The Balaban J connectivity index is 1.48. The number of benzene rings is 8. The number of hydrogen-bond donors (Lipinski definition) is 0. The fourth-order valence-corrected chi connectivity index (χ4v) is 8.19. The van der Waals surface area contributed by atoms with Crippen LogP contribution in [0.25, 0.3) is 94.0 Å². The van der Waals surface area contributed by atoms with Crippen LogP contribution in [-0.4, -0.2) is 7.11 Å². The summed E-state index contributed by atoms with van der Waals surface area (Å²) >= 11 is 10.4. The molecule has 8 aromatic rings. The van der Waals surface area contributed by atoms with Gasteiger partial charge in [-0.2, -0.15) is 0 Å². The van der Waals surface area contributed by atoms with Crippen LogP contribution in [0.15, 0.2) is 150 Å². The fraction of sp³-hybridized carbons (Fsp3) is 0.0222. The van der Waals surface area contributed by atoms with Gasteiger partial charge in [-0.05, 0) is 140 Å². The third-order valence-corrected chi connectivity index (χ3v) is 10.8. The Hall–Kier alpha value is -5.15. The van der Waals surface area contributed by atoms with Gasteiger partial charge >= 0.3 is 0 Å². The number of hydrogen-bond acceptors (Lipinski definition) is 1. The summed E-state index contributed by atoms with van der Waals surface area (Å²) in [5, 5.41) is 8.22. The summed E-state index contributed by atoms with van der Waals surface area (Å²) in [5.74, 6) is 0. The van der Waals surface area contributed by atoms with Crippen LogP contribution in [0.4, 0.5) is 0 Å². The molecule has 0 aliphatic heterocycles. The lowest BCUT2D eigenvalue weighted by molar-refractivity contribution is 0.341. The van der Waals surface area contributed by atoms with E-state index in [9.17, 15) is 0 Å². The molecular weight excluding hydrogens is 672 g/mol. The minimum atomic E-state index is 0.663. The van der Waals surface area contributed by atoms with E-state index < -0.39 is 0 Å². The zero-order chi connectivity index (χ0) is 32.4. The second kappa shape index (κ2) is 11.5. The van der Waals surface area contributed by atoms with Crippen molar-refractivity contribution in [2.45, 2.75) is 0 Å². The molecule has 0 unspecified atom stereocenters. The highest BCUT2D eigenvalue weighted by Crippen LogP contribution is 2.58. The summed E-state index contributed by atoms with van der Waals surface area (Å²) in [6, 6.07) is 50.7. The topological polar surface area (TPSA) is 9.23 Å². The molecule has 1 aliphatic rings. The summed E-state index contributed by atoms with van der Waals surface area (Å²) in [5.41, 5.74) is 13.2. The van der Waals surface area contributed by atoms with Gasteiger partial charge in [0.15, 0.2) is 0 Å². The first-order valence-corrected chi connectivity index (χ1v) is 17.2.